The number of hydrogen-bond acceptors (Lipinski definition) is 2. The van der Waals surface area contributed by atoms with Crippen molar-refractivity contribution < 1.29 is 8.78 Å². The number of benzene rings is 1. The van der Waals surface area contributed by atoms with Crippen LogP contribution in [0, 0.1) is 17.6 Å². The van der Waals surface area contributed by atoms with Gasteiger partial charge in [0.05, 0.1) is 0 Å². The Morgan fingerprint density at radius 2 is 1.79 bits per heavy atom. The number of rotatable bonds is 6. The highest BCUT2D eigenvalue weighted by atomic mass is 19.1. The fraction of sp³-hybridized carbons (Fsp3) is 0.600. The van der Waals surface area contributed by atoms with Gasteiger partial charge in [-0.3, -0.25) is 0 Å². The first-order valence-corrected chi connectivity index (χ1v) is 6.67. The van der Waals surface area contributed by atoms with Gasteiger partial charge in [0.1, 0.15) is 11.6 Å². The summed E-state index contributed by atoms with van der Waals surface area (Å²) < 4.78 is 26.9. The molecule has 1 rings (SSSR count). The summed E-state index contributed by atoms with van der Waals surface area (Å²) in [6, 6.07) is 3.60. The van der Waals surface area contributed by atoms with Gasteiger partial charge in [-0.15, -0.1) is 0 Å². The molecule has 0 heterocycles. The molecule has 19 heavy (non-hydrogen) atoms. The topological polar surface area (TPSA) is 15.3 Å². The third-order valence-corrected chi connectivity index (χ3v) is 3.26. The molecule has 0 saturated carbocycles. The van der Waals surface area contributed by atoms with Gasteiger partial charge in [0.25, 0.3) is 0 Å². The summed E-state index contributed by atoms with van der Waals surface area (Å²) in [6.07, 6.45) is 0. The zero-order valence-corrected chi connectivity index (χ0v) is 12.4. The van der Waals surface area contributed by atoms with Gasteiger partial charge in [-0.25, -0.2) is 8.78 Å². The van der Waals surface area contributed by atoms with Crippen molar-refractivity contribution in [1.82, 2.24) is 10.2 Å². The minimum absolute atomic E-state index is 0.219. The van der Waals surface area contributed by atoms with Crippen molar-refractivity contribution in [2.75, 3.05) is 20.6 Å². The highest BCUT2D eigenvalue weighted by molar-refractivity contribution is 5.22. The van der Waals surface area contributed by atoms with Crippen molar-refractivity contribution in [3.05, 3.63) is 35.4 Å². The molecule has 1 aromatic carbocycles. The van der Waals surface area contributed by atoms with Crippen LogP contribution < -0.4 is 5.32 Å². The predicted molar refractivity (Wildman–Crippen MR) is 75.1 cm³/mol. The Morgan fingerprint density at radius 3 is 2.32 bits per heavy atom. The van der Waals surface area contributed by atoms with Gasteiger partial charge in [0.15, 0.2) is 0 Å². The van der Waals surface area contributed by atoms with Gasteiger partial charge >= 0.3 is 0 Å². The maximum absolute atomic E-state index is 13.7. The van der Waals surface area contributed by atoms with Crippen molar-refractivity contribution in [3.63, 3.8) is 0 Å². The lowest BCUT2D eigenvalue weighted by Gasteiger charge is -2.29. The first kappa shape index (κ1) is 16.1. The number of likely N-dealkylation sites (N-methyl/N-ethyl adjacent to an activating group) is 1. The molecule has 0 radical (unpaired) electrons. The average molecular weight is 270 g/mol. The zero-order chi connectivity index (χ0) is 14.6. The highest BCUT2D eigenvalue weighted by Crippen LogP contribution is 2.19. The molecule has 0 amide bonds. The van der Waals surface area contributed by atoms with Crippen LogP contribution in [0.4, 0.5) is 8.78 Å². The van der Waals surface area contributed by atoms with Gasteiger partial charge in [-0.05, 0) is 45.1 Å². The quantitative estimate of drug-likeness (QED) is 0.854. The standard InChI is InChI=1S/C15H24F2N2/c1-10(2)15(9-19(4)5)18-11(3)13-8-12(16)6-7-14(13)17/h6-8,10-11,15,18H,9H2,1-5H3. The Bertz CT molecular complexity index is 405. The SMILES string of the molecule is CC(NC(CN(C)C)C(C)C)c1cc(F)ccc1F. The third-order valence-electron chi connectivity index (χ3n) is 3.26. The molecule has 0 spiro atoms. The highest BCUT2D eigenvalue weighted by Gasteiger charge is 2.19. The van der Waals surface area contributed by atoms with Gasteiger partial charge in [-0.2, -0.15) is 0 Å². The van der Waals surface area contributed by atoms with E-state index in [4.69, 9.17) is 0 Å². The summed E-state index contributed by atoms with van der Waals surface area (Å²) >= 11 is 0. The van der Waals surface area contributed by atoms with E-state index in [1.54, 1.807) is 0 Å². The fourth-order valence-electron chi connectivity index (χ4n) is 2.11. The van der Waals surface area contributed by atoms with Gasteiger partial charge < -0.3 is 10.2 Å². The zero-order valence-electron chi connectivity index (χ0n) is 12.4. The van der Waals surface area contributed by atoms with Crippen LogP contribution in [-0.4, -0.2) is 31.6 Å². The van der Waals surface area contributed by atoms with Crippen molar-refractivity contribution in [3.8, 4) is 0 Å². The van der Waals surface area contributed by atoms with Crippen LogP contribution in [0.1, 0.15) is 32.4 Å². The van der Waals surface area contributed by atoms with Crippen LogP contribution in [0.3, 0.4) is 0 Å². The second kappa shape index (κ2) is 6.96. The Labute approximate surface area is 114 Å². The summed E-state index contributed by atoms with van der Waals surface area (Å²) in [7, 11) is 4.01. The number of halogens is 2. The Balaban J connectivity index is 2.81. The summed E-state index contributed by atoms with van der Waals surface area (Å²) in [4.78, 5) is 2.09. The van der Waals surface area contributed by atoms with E-state index in [1.165, 1.54) is 12.1 Å². The van der Waals surface area contributed by atoms with E-state index in [1.807, 2.05) is 21.0 Å². The summed E-state index contributed by atoms with van der Waals surface area (Å²) in [5.41, 5.74) is 0.379. The second-order valence-corrected chi connectivity index (χ2v) is 5.67. The summed E-state index contributed by atoms with van der Waals surface area (Å²) in [5.74, 6) is -0.353. The van der Waals surface area contributed by atoms with E-state index in [0.29, 0.717) is 11.5 Å². The molecule has 0 aliphatic carbocycles. The number of nitrogens with zero attached hydrogens (tertiary/aromatic N) is 1. The van der Waals surface area contributed by atoms with E-state index in [9.17, 15) is 8.78 Å². The molecule has 0 bridgehead atoms. The van der Waals surface area contributed by atoms with E-state index >= 15 is 0 Å². The third kappa shape index (κ3) is 4.88. The molecule has 0 saturated heterocycles. The van der Waals surface area contributed by atoms with E-state index < -0.39 is 5.82 Å². The van der Waals surface area contributed by atoms with Crippen LogP contribution in [-0.2, 0) is 0 Å². The number of hydrogen-bond donors (Lipinski definition) is 1. The van der Waals surface area contributed by atoms with Crippen LogP contribution in [0.25, 0.3) is 0 Å². The molecule has 2 nitrogen and oxygen atoms in total. The molecule has 2 atom stereocenters. The van der Waals surface area contributed by atoms with Crippen LogP contribution in [0.5, 0.6) is 0 Å². The van der Waals surface area contributed by atoms with Crippen molar-refractivity contribution in [2.45, 2.75) is 32.9 Å². The molecular formula is C15H24F2N2. The molecule has 0 aromatic heterocycles. The van der Waals surface area contributed by atoms with E-state index in [2.05, 4.69) is 24.1 Å². The van der Waals surface area contributed by atoms with Gasteiger partial charge in [-0.1, -0.05) is 13.8 Å². The van der Waals surface area contributed by atoms with Crippen LogP contribution >= 0.6 is 0 Å². The second-order valence-electron chi connectivity index (χ2n) is 5.67. The predicted octanol–water partition coefficient (Wildman–Crippen LogP) is 3.20. The Morgan fingerprint density at radius 1 is 1.16 bits per heavy atom. The lowest BCUT2D eigenvalue weighted by molar-refractivity contribution is 0.272. The molecule has 0 aliphatic heterocycles. The fourth-order valence-corrected chi connectivity index (χ4v) is 2.11. The molecule has 0 aliphatic rings. The normalized spacial score (nSPS) is 15.0. The first-order valence-electron chi connectivity index (χ1n) is 6.67. The first-order chi connectivity index (χ1) is 8.81. The maximum atomic E-state index is 13.7. The molecular weight excluding hydrogens is 246 g/mol. The van der Waals surface area contributed by atoms with Crippen molar-refractivity contribution >= 4 is 0 Å². The van der Waals surface area contributed by atoms with E-state index in [-0.39, 0.29) is 17.9 Å². The van der Waals surface area contributed by atoms with Crippen LogP contribution in [0.15, 0.2) is 18.2 Å². The minimum Gasteiger partial charge on any atom is -0.308 e. The minimum atomic E-state index is -0.404. The molecule has 4 heteroatoms. The van der Waals surface area contributed by atoms with Gasteiger partial charge in [0, 0.05) is 24.2 Å². The Kier molecular flexibility index (Phi) is 5.88. The van der Waals surface area contributed by atoms with Crippen molar-refractivity contribution in [2.24, 2.45) is 5.92 Å². The molecule has 1 N–H and O–H groups in total. The summed E-state index contributed by atoms with van der Waals surface area (Å²) in [6.45, 7) is 6.97. The van der Waals surface area contributed by atoms with Gasteiger partial charge in [0.2, 0.25) is 0 Å². The molecule has 108 valence electrons. The molecule has 0 fully saturated rings. The Hall–Kier alpha value is -1.00. The van der Waals surface area contributed by atoms with E-state index in [0.717, 1.165) is 12.6 Å². The largest absolute Gasteiger partial charge is 0.308 e. The smallest absolute Gasteiger partial charge is 0.128 e. The molecule has 2 unspecified atom stereocenters. The maximum Gasteiger partial charge on any atom is 0.128 e. The molecule has 1 aromatic rings. The average Bonchev–Trinajstić information content (AvgIpc) is 2.30. The van der Waals surface area contributed by atoms with Crippen LogP contribution in [0.2, 0.25) is 0 Å². The lowest BCUT2D eigenvalue weighted by Crippen LogP contribution is -2.43. The lowest BCUT2D eigenvalue weighted by atomic mass is 10.0. The monoisotopic (exact) mass is 270 g/mol. The van der Waals surface area contributed by atoms with Crippen molar-refractivity contribution in [1.29, 1.82) is 0 Å². The number of nitrogens with one attached hydrogen (secondary N) is 1. The summed E-state index contributed by atoms with van der Waals surface area (Å²) in [5, 5.41) is 3.38.